The van der Waals surface area contributed by atoms with Crippen molar-refractivity contribution in [2.45, 2.75) is 0 Å². The Hall–Kier alpha value is -6.08. The Bertz CT molecular complexity index is 1600. The lowest BCUT2D eigenvalue weighted by Gasteiger charge is -2.25. The van der Waals surface area contributed by atoms with Gasteiger partial charge in [-0.2, -0.15) is 10.2 Å². The highest BCUT2D eigenvalue weighted by atomic mass is 16.5. The zero-order valence-electron chi connectivity index (χ0n) is 26.4. The molecule has 0 aliphatic heterocycles. The number of hydrogen-bond acceptors (Lipinski definition) is 7. The van der Waals surface area contributed by atoms with Crippen molar-refractivity contribution in [1.29, 1.82) is 0 Å². The molecular weight excluding hydrogens is 582 g/mol. The number of hydrazone groups is 2. The Balaban J connectivity index is 1.35. The average Bonchev–Trinajstić information content (AvgIpc) is 3.13. The Kier molecular flexibility index (Phi) is 12.0. The van der Waals surface area contributed by atoms with Gasteiger partial charge in [0.25, 0.3) is 0 Å². The summed E-state index contributed by atoms with van der Waals surface area (Å²) in [4.78, 5) is 2.23. The van der Waals surface area contributed by atoms with Gasteiger partial charge in [0, 0.05) is 17.1 Å². The summed E-state index contributed by atoms with van der Waals surface area (Å²) in [7, 11) is 0. The van der Waals surface area contributed by atoms with Gasteiger partial charge in [-0.1, -0.05) is 92.0 Å². The van der Waals surface area contributed by atoms with Crippen LogP contribution in [0.25, 0.3) is 0 Å². The van der Waals surface area contributed by atoms with Crippen LogP contribution in [0.4, 0.5) is 28.4 Å². The standard InChI is InChI=1S/C40H39N5O2/c1-3-46-30-28-43(36-14-8-5-9-15-36)41-32-34-20-24-39(25-21-34)45(38-18-12-7-13-19-38)40-26-22-35(23-27-40)33-42-44(29-31-47-4-2)37-16-10-6-11-17-37/h3-27,32-33H,1-2,28-31H2. The third-order valence-corrected chi connectivity index (χ3v) is 7.20. The SMILES string of the molecule is C=COCCN(N=Cc1ccc(N(c2ccccc2)c2ccc(C=NN(CCOC=C)c3ccccc3)cc2)cc1)c1ccccc1. The van der Waals surface area contributed by atoms with Gasteiger partial charge in [0.2, 0.25) is 0 Å². The predicted molar refractivity (Wildman–Crippen MR) is 196 cm³/mol. The van der Waals surface area contributed by atoms with Crippen LogP contribution in [0.5, 0.6) is 0 Å². The highest BCUT2D eigenvalue weighted by molar-refractivity contribution is 5.85. The summed E-state index contributed by atoms with van der Waals surface area (Å²) in [5, 5.41) is 13.4. The Morgan fingerprint density at radius 2 is 0.787 bits per heavy atom. The fourth-order valence-electron chi connectivity index (χ4n) is 4.87. The minimum absolute atomic E-state index is 0.487. The van der Waals surface area contributed by atoms with Crippen molar-refractivity contribution >= 4 is 40.9 Å². The Morgan fingerprint density at radius 1 is 0.447 bits per heavy atom. The van der Waals surface area contributed by atoms with Crippen LogP contribution in [0, 0.1) is 0 Å². The molecule has 0 atom stereocenters. The molecule has 0 amide bonds. The summed E-state index contributed by atoms with van der Waals surface area (Å²) in [5.41, 5.74) is 7.08. The molecule has 0 N–H and O–H groups in total. The fourth-order valence-corrected chi connectivity index (χ4v) is 4.87. The van der Waals surface area contributed by atoms with Crippen molar-refractivity contribution < 1.29 is 9.47 Å². The van der Waals surface area contributed by atoms with E-state index in [-0.39, 0.29) is 0 Å². The highest BCUT2D eigenvalue weighted by Gasteiger charge is 2.12. The maximum Gasteiger partial charge on any atom is 0.107 e. The smallest absolute Gasteiger partial charge is 0.107 e. The van der Waals surface area contributed by atoms with Crippen LogP contribution in [-0.2, 0) is 9.47 Å². The second-order valence-electron chi connectivity index (χ2n) is 10.3. The van der Waals surface area contributed by atoms with Gasteiger partial charge in [0.05, 0.1) is 49.4 Å². The molecule has 7 nitrogen and oxygen atoms in total. The van der Waals surface area contributed by atoms with Gasteiger partial charge in [-0.05, 0) is 71.8 Å². The van der Waals surface area contributed by atoms with E-state index < -0.39 is 0 Å². The maximum absolute atomic E-state index is 5.36. The third-order valence-electron chi connectivity index (χ3n) is 7.20. The molecule has 5 aromatic rings. The van der Waals surface area contributed by atoms with E-state index in [1.165, 1.54) is 12.5 Å². The zero-order valence-corrected chi connectivity index (χ0v) is 26.4. The van der Waals surface area contributed by atoms with E-state index in [1.807, 2.05) is 101 Å². The van der Waals surface area contributed by atoms with E-state index in [1.54, 1.807) is 0 Å². The molecule has 7 heteroatoms. The molecule has 0 heterocycles. The molecule has 0 radical (unpaired) electrons. The van der Waals surface area contributed by atoms with Crippen molar-refractivity contribution in [2.75, 3.05) is 41.2 Å². The number of para-hydroxylation sites is 3. The zero-order chi connectivity index (χ0) is 32.5. The highest BCUT2D eigenvalue weighted by Crippen LogP contribution is 2.34. The first-order chi connectivity index (χ1) is 23.2. The van der Waals surface area contributed by atoms with Crippen molar-refractivity contribution in [3.05, 3.63) is 176 Å². The van der Waals surface area contributed by atoms with Crippen molar-refractivity contribution in [3.8, 4) is 0 Å². The number of anilines is 5. The van der Waals surface area contributed by atoms with Crippen LogP contribution in [0.3, 0.4) is 0 Å². The molecule has 5 rings (SSSR count). The van der Waals surface area contributed by atoms with Gasteiger partial charge in [-0.15, -0.1) is 0 Å². The van der Waals surface area contributed by atoms with E-state index in [0.717, 1.165) is 39.6 Å². The van der Waals surface area contributed by atoms with Crippen molar-refractivity contribution in [2.24, 2.45) is 10.2 Å². The first-order valence-corrected chi connectivity index (χ1v) is 15.5. The lowest BCUT2D eigenvalue weighted by atomic mass is 10.1. The topological polar surface area (TPSA) is 52.9 Å². The first kappa shape index (κ1) is 32.3. The molecular formula is C40H39N5O2. The lowest BCUT2D eigenvalue weighted by molar-refractivity contribution is 0.258. The van der Waals surface area contributed by atoms with Gasteiger partial charge in [0.1, 0.15) is 13.2 Å². The van der Waals surface area contributed by atoms with E-state index in [0.29, 0.717) is 26.3 Å². The Morgan fingerprint density at radius 3 is 1.15 bits per heavy atom. The van der Waals surface area contributed by atoms with Gasteiger partial charge >= 0.3 is 0 Å². The molecule has 0 fully saturated rings. The number of nitrogens with zero attached hydrogens (tertiary/aromatic N) is 5. The monoisotopic (exact) mass is 621 g/mol. The van der Waals surface area contributed by atoms with Gasteiger partial charge in [-0.3, -0.25) is 10.0 Å². The minimum atomic E-state index is 0.487. The summed E-state index contributed by atoms with van der Waals surface area (Å²) in [5.74, 6) is 0. The summed E-state index contributed by atoms with van der Waals surface area (Å²) in [6, 6.07) is 47.2. The molecule has 0 unspecified atom stereocenters. The van der Waals surface area contributed by atoms with Crippen molar-refractivity contribution in [1.82, 2.24) is 0 Å². The molecule has 0 aliphatic carbocycles. The summed E-state index contributed by atoms with van der Waals surface area (Å²) in [6.45, 7) is 9.44. The summed E-state index contributed by atoms with van der Waals surface area (Å²) < 4.78 is 10.7. The van der Waals surface area contributed by atoms with Gasteiger partial charge in [-0.25, -0.2) is 0 Å². The predicted octanol–water partition coefficient (Wildman–Crippen LogP) is 9.16. The second-order valence-corrected chi connectivity index (χ2v) is 10.3. The second kappa shape index (κ2) is 17.4. The summed E-state index contributed by atoms with van der Waals surface area (Å²) >= 11 is 0. The molecule has 236 valence electrons. The molecule has 0 aliphatic rings. The van der Waals surface area contributed by atoms with E-state index >= 15 is 0 Å². The van der Waals surface area contributed by atoms with Crippen LogP contribution in [-0.4, -0.2) is 38.7 Å². The van der Waals surface area contributed by atoms with Crippen molar-refractivity contribution in [3.63, 3.8) is 0 Å². The number of benzene rings is 5. The van der Waals surface area contributed by atoms with Crippen LogP contribution in [0.2, 0.25) is 0 Å². The Labute approximate surface area is 277 Å². The third kappa shape index (κ3) is 9.45. The molecule has 0 spiro atoms. The maximum atomic E-state index is 5.36. The molecule has 0 bridgehead atoms. The van der Waals surface area contributed by atoms with E-state index in [2.05, 4.69) is 78.7 Å². The normalized spacial score (nSPS) is 10.9. The molecule has 0 saturated carbocycles. The summed E-state index contributed by atoms with van der Waals surface area (Å²) in [6.07, 6.45) is 6.64. The van der Waals surface area contributed by atoms with E-state index in [4.69, 9.17) is 19.7 Å². The first-order valence-electron chi connectivity index (χ1n) is 15.5. The van der Waals surface area contributed by atoms with Crippen LogP contribution < -0.4 is 14.9 Å². The molecule has 0 saturated heterocycles. The fraction of sp³-hybridized carbons (Fsp3) is 0.100. The van der Waals surface area contributed by atoms with Crippen LogP contribution in [0.1, 0.15) is 11.1 Å². The van der Waals surface area contributed by atoms with Gasteiger partial charge in [0.15, 0.2) is 0 Å². The molecule has 0 aromatic heterocycles. The average molecular weight is 622 g/mol. The number of ether oxygens (including phenoxy) is 2. The minimum Gasteiger partial charge on any atom is -0.500 e. The molecule has 47 heavy (non-hydrogen) atoms. The number of hydrogen-bond donors (Lipinski definition) is 0. The van der Waals surface area contributed by atoms with Crippen LogP contribution >= 0.6 is 0 Å². The lowest BCUT2D eigenvalue weighted by Crippen LogP contribution is -2.21. The number of rotatable bonds is 17. The van der Waals surface area contributed by atoms with Gasteiger partial charge < -0.3 is 14.4 Å². The van der Waals surface area contributed by atoms with Crippen LogP contribution in [0.15, 0.2) is 175 Å². The molecule has 5 aromatic carbocycles. The largest absolute Gasteiger partial charge is 0.500 e. The van der Waals surface area contributed by atoms with E-state index in [9.17, 15) is 0 Å². The quantitative estimate of drug-likeness (QED) is 0.0449.